The molecule has 4 heteroatoms. The van der Waals surface area contributed by atoms with E-state index in [4.69, 9.17) is 5.73 Å². The van der Waals surface area contributed by atoms with Gasteiger partial charge in [-0.15, -0.1) is 0 Å². The van der Waals surface area contributed by atoms with Crippen LogP contribution in [-0.2, 0) is 4.79 Å². The predicted octanol–water partition coefficient (Wildman–Crippen LogP) is 2.47. The number of nitrogens with zero attached hydrogens (tertiary/aromatic N) is 2. The number of rotatable bonds is 11. The van der Waals surface area contributed by atoms with Gasteiger partial charge in [0, 0.05) is 38.1 Å². The summed E-state index contributed by atoms with van der Waals surface area (Å²) in [6, 6.07) is 0.602. The Kier molecular flexibility index (Phi) is 10.8. The van der Waals surface area contributed by atoms with Gasteiger partial charge < -0.3 is 10.6 Å². The lowest BCUT2D eigenvalue weighted by molar-refractivity contribution is -0.132. The summed E-state index contributed by atoms with van der Waals surface area (Å²) in [6.45, 7) is 13.8. The first-order valence-corrected chi connectivity index (χ1v) is 8.25. The first-order chi connectivity index (χ1) is 9.51. The van der Waals surface area contributed by atoms with Crippen molar-refractivity contribution < 1.29 is 4.79 Å². The van der Waals surface area contributed by atoms with E-state index in [0.717, 1.165) is 19.6 Å². The number of hydrogen-bond donors (Lipinski definition) is 1. The molecule has 0 aromatic rings. The number of carbonyl (C=O) groups excluding carboxylic acids is 1. The molecule has 0 spiro atoms. The average molecular weight is 285 g/mol. The lowest BCUT2D eigenvalue weighted by atomic mass is 10.1. The van der Waals surface area contributed by atoms with Crippen LogP contribution in [-0.4, -0.2) is 54.0 Å². The Bertz CT molecular complexity index is 252. The molecule has 0 rings (SSSR count). The molecule has 0 aromatic carbocycles. The van der Waals surface area contributed by atoms with Gasteiger partial charge in [0.1, 0.15) is 0 Å². The summed E-state index contributed by atoms with van der Waals surface area (Å²) in [5.41, 5.74) is 5.93. The van der Waals surface area contributed by atoms with Crippen molar-refractivity contribution in [3.8, 4) is 0 Å². The minimum Gasteiger partial charge on any atom is -0.343 e. The van der Waals surface area contributed by atoms with Crippen molar-refractivity contribution in [3.63, 3.8) is 0 Å². The molecule has 0 saturated heterocycles. The zero-order valence-electron chi connectivity index (χ0n) is 14.2. The van der Waals surface area contributed by atoms with E-state index in [2.05, 4.69) is 25.7 Å². The summed E-state index contributed by atoms with van der Waals surface area (Å²) < 4.78 is 0. The van der Waals surface area contributed by atoms with Crippen molar-refractivity contribution in [2.24, 2.45) is 5.73 Å². The Morgan fingerprint density at radius 3 is 2.10 bits per heavy atom. The van der Waals surface area contributed by atoms with Crippen LogP contribution >= 0.6 is 0 Å². The van der Waals surface area contributed by atoms with Gasteiger partial charge in [-0.25, -0.2) is 0 Å². The smallest absolute Gasteiger partial charge is 0.224 e. The van der Waals surface area contributed by atoms with Crippen molar-refractivity contribution in [1.29, 1.82) is 0 Å². The van der Waals surface area contributed by atoms with E-state index in [1.54, 1.807) is 0 Å². The van der Waals surface area contributed by atoms with Gasteiger partial charge in [-0.2, -0.15) is 0 Å². The number of unbranched alkanes of at least 4 members (excludes halogenated alkanes) is 2. The molecule has 20 heavy (non-hydrogen) atoms. The zero-order chi connectivity index (χ0) is 15.5. The van der Waals surface area contributed by atoms with E-state index in [1.807, 2.05) is 18.7 Å². The fourth-order valence-corrected chi connectivity index (χ4v) is 2.65. The van der Waals surface area contributed by atoms with Crippen LogP contribution in [0.1, 0.15) is 60.3 Å². The second-order valence-corrected chi connectivity index (χ2v) is 5.70. The lowest BCUT2D eigenvalue weighted by Crippen LogP contribution is -2.48. The maximum Gasteiger partial charge on any atom is 0.224 e. The summed E-state index contributed by atoms with van der Waals surface area (Å²) in [4.78, 5) is 16.6. The highest BCUT2D eigenvalue weighted by atomic mass is 16.2. The fourth-order valence-electron chi connectivity index (χ4n) is 2.65. The van der Waals surface area contributed by atoms with E-state index in [0.29, 0.717) is 19.0 Å². The molecule has 4 nitrogen and oxygen atoms in total. The third kappa shape index (κ3) is 6.71. The van der Waals surface area contributed by atoms with E-state index in [9.17, 15) is 4.79 Å². The molecule has 0 aromatic heterocycles. The highest BCUT2D eigenvalue weighted by molar-refractivity contribution is 5.76. The Labute approximate surface area is 125 Å². The Hall–Kier alpha value is -0.610. The van der Waals surface area contributed by atoms with Gasteiger partial charge in [0.25, 0.3) is 0 Å². The molecule has 0 bridgehead atoms. The van der Waals surface area contributed by atoms with Crippen LogP contribution in [0, 0.1) is 0 Å². The van der Waals surface area contributed by atoms with Crippen LogP contribution in [0.4, 0.5) is 0 Å². The van der Waals surface area contributed by atoms with E-state index >= 15 is 0 Å². The molecule has 0 radical (unpaired) electrons. The Balaban J connectivity index is 4.60. The standard InChI is InChI=1S/C16H35N3O/c1-6-9-10-11-19(14(4)5)15(13-17)12-16(20)18(7-2)8-3/h14-15H,6-13,17H2,1-5H3. The summed E-state index contributed by atoms with van der Waals surface area (Å²) in [5, 5.41) is 0. The first kappa shape index (κ1) is 19.4. The molecule has 0 aliphatic carbocycles. The summed E-state index contributed by atoms with van der Waals surface area (Å²) >= 11 is 0. The predicted molar refractivity (Wildman–Crippen MR) is 86.8 cm³/mol. The monoisotopic (exact) mass is 285 g/mol. The molecule has 0 fully saturated rings. The van der Waals surface area contributed by atoms with Gasteiger partial charge in [-0.3, -0.25) is 9.69 Å². The average Bonchev–Trinajstić information content (AvgIpc) is 2.42. The van der Waals surface area contributed by atoms with Gasteiger partial charge in [0.15, 0.2) is 0 Å². The molecule has 0 heterocycles. The van der Waals surface area contributed by atoms with Crippen molar-refractivity contribution in [2.45, 2.75) is 72.4 Å². The minimum absolute atomic E-state index is 0.167. The number of nitrogens with two attached hydrogens (primary N) is 1. The Morgan fingerprint density at radius 2 is 1.70 bits per heavy atom. The third-order valence-electron chi connectivity index (χ3n) is 3.95. The van der Waals surface area contributed by atoms with E-state index in [1.165, 1.54) is 19.3 Å². The van der Waals surface area contributed by atoms with Crippen LogP contribution in [0.25, 0.3) is 0 Å². The van der Waals surface area contributed by atoms with Gasteiger partial charge in [-0.1, -0.05) is 19.8 Å². The van der Waals surface area contributed by atoms with Crippen LogP contribution < -0.4 is 5.73 Å². The Morgan fingerprint density at radius 1 is 1.10 bits per heavy atom. The van der Waals surface area contributed by atoms with Crippen LogP contribution in [0.5, 0.6) is 0 Å². The molecule has 1 unspecified atom stereocenters. The molecule has 0 aliphatic heterocycles. The molecule has 1 amide bonds. The SMILES string of the molecule is CCCCCN(C(C)C)C(CN)CC(=O)N(CC)CC. The summed E-state index contributed by atoms with van der Waals surface area (Å²) in [6.07, 6.45) is 4.19. The van der Waals surface area contributed by atoms with Crippen LogP contribution in [0.2, 0.25) is 0 Å². The molecule has 2 N–H and O–H groups in total. The molecular weight excluding hydrogens is 250 g/mol. The molecule has 120 valence electrons. The highest BCUT2D eigenvalue weighted by Gasteiger charge is 2.23. The fraction of sp³-hybridized carbons (Fsp3) is 0.938. The second-order valence-electron chi connectivity index (χ2n) is 5.70. The normalized spacial score (nSPS) is 13.0. The highest BCUT2D eigenvalue weighted by Crippen LogP contribution is 2.12. The second kappa shape index (κ2) is 11.1. The number of carbonyl (C=O) groups is 1. The van der Waals surface area contributed by atoms with Gasteiger partial charge in [0.05, 0.1) is 0 Å². The quantitative estimate of drug-likeness (QED) is 0.593. The molecule has 1 atom stereocenters. The van der Waals surface area contributed by atoms with Crippen LogP contribution in [0.3, 0.4) is 0 Å². The maximum absolute atomic E-state index is 12.3. The summed E-state index contributed by atoms with van der Waals surface area (Å²) in [7, 11) is 0. The molecular formula is C16H35N3O. The largest absolute Gasteiger partial charge is 0.343 e. The maximum atomic E-state index is 12.3. The topological polar surface area (TPSA) is 49.6 Å². The van der Waals surface area contributed by atoms with Crippen LogP contribution in [0.15, 0.2) is 0 Å². The first-order valence-electron chi connectivity index (χ1n) is 8.25. The number of hydrogen-bond acceptors (Lipinski definition) is 3. The number of amides is 1. The van der Waals surface area contributed by atoms with Gasteiger partial charge in [0.2, 0.25) is 5.91 Å². The van der Waals surface area contributed by atoms with Crippen molar-refractivity contribution in [1.82, 2.24) is 9.80 Å². The zero-order valence-corrected chi connectivity index (χ0v) is 14.2. The molecule has 0 saturated carbocycles. The summed E-state index contributed by atoms with van der Waals surface area (Å²) in [5.74, 6) is 0.228. The van der Waals surface area contributed by atoms with E-state index in [-0.39, 0.29) is 11.9 Å². The third-order valence-corrected chi connectivity index (χ3v) is 3.95. The molecule has 0 aliphatic rings. The van der Waals surface area contributed by atoms with Crippen molar-refractivity contribution in [3.05, 3.63) is 0 Å². The van der Waals surface area contributed by atoms with E-state index < -0.39 is 0 Å². The minimum atomic E-state index is 0.167. The van der Waals surface area contributed by atoms with Crippen molar-refractivity contribution in [2.75, 3.05) is 26.2 Å². The van der Waals surface area contributed by atoms with Crippen molar-refractivity contribution >= 4 is 5.91 Å². The van der Waals surface area contributed by atoms with Gasteiger partial charge >= 0.3 is 0 Å². The lowest BCUT2D eigenvalue weighted by Gasteiger charge is -2.35. The van der Waals surface area contributed by atoms with Gasteiger partial charge in [-0.05, 0) is 40.7 Å².